The van der Waals surface area contributed by atoms with Gasteiger partial charge in [0.25, 0.3) is 0 Å². The smallest absolute Gasteiger partial charge is 0.420 e. The van der Waals surface area contributed by atoms with E-state index in [4.69, 9.17) is 20.8 Å². The lowest BCUT2D eigenvalue weighted by atomic mass is 10.3. The van der Waals surface area contributed by atoms with E-state index in [1.165, 1.54) is 10.6 Å². The summed E-state index contributed by atoms with van der Waals surface area (Å²) in [7, 11) is 0. The van der Waals surface area contributed by atoms with E-state index in [1.807, 2.05) is 30.3 Å². The van der Waals surface area contributed by atoms with Gasteiger partial charge in [0.15, 0.2) is 5.58 Å². The van der Waals surface area contributed by atoms with Crippen LogP contribution in [-0.4, -0.2) is 10.5 Å². The molecule has 0 fully saturated rings. The van der Waals surface area contributed by atoms with Gasteiger partial charge >= 0.3 is 5.76 Å². The molecule has 1 amide bonds. The van der Waals surface area contributed by atoms with Crippen LogP contribution < -0.4 is 15.8 Å². The number of para-hydroxylation sites is 1. The molecule has 0 aliphatic rings. The van der Waals surface area contributed by atoms with Gasteiger partial charge in [0.2, 0.25) is 5.91 Å². The molecule has 0 aliphatic carbocycles. The molecule has 0 saturated heterocycles. The number of oxazole rings is 1. The lowest BCUT2D eigenvalue weighted by molar-refractivity contribution is -0.116. The van der Waals surface area contributed by atoms with Gasteiger partial charge in [-0.15, -0.1) is 0 Å². The van der Waals surface area contributed by atoms with Gasteiger partial charge in [-0.3, -0.25) is 9.36 Å². The normalized spacial score (nSPS) is 10.8. The summed E-state index contributed by atoms with van der Waals surface area (Å²) in [4.78, 5) is 24.4. The summed E-state index contributed by atoms with van der Waals surface area (Å²) in [5.41, 5.74) is 1.44. The third-order valence-corrected chi connectivity index (χ3v) is 4.28. The number of hydrogen-bond donors (Lipinski definition) is 1. The van der Waals surface area contributed by atoms with E-state index in [-0.39, 0.29) is 12.5 Å². The van der Waals surface area contributed by atoms with Crippen LogP contribution in [0.5, 0.6) is 11.5 Å². The number of nitrogens with zero attached hydrogens (tertiary/aromatic N) is 1. The maximum atomic E-state index is 12.3. The molecule has 0 atom stereocenters. The van der Waals surface area contributed by atoms with Crippen LogP contribution in [0.25, 0.3) is 11.1 Å². The summed E-state index contributed by atoms with van der Waals surface area (Å²) in [6.07, 6.45) is 0. The second kappa shape index (κ2) is 7.62. The SMILES string of the molecule is O=C(Cn1c(=O)oc2cc(Cl)ccc21)Nc1ccc(Oc2ccccc2)cc1. The van der Waals surface area contributed by atoms with Gasteiger partial charge in [0.05, 0.1) is 5.52 Å². The number of amides is 1. The zero-order valence-corrected chi connectivity index (χ0v) is 15.3. The molecule has 28 heavy (non-hydrogen) atoms. The van der Waals surface area contributed by atoms with Crippen molar-refractivity contribution in [3.05, 3.63) is 88.4 Å². The highest BCUT2D eigenvalue weighted by atomic mass is 35.5. The molecule has 0 aliphatic heterocycles. The predicted octanol–water partition coefficient (Wildman–Crippen LogP) is 4.68. The second-order valence-corrected chi connectivity index (χ2v) is 6.49. The monoisotopic (exact) mass is 394 g/mol. The number of carbonyl (C=O) groups is 1. The molecule has 6 nitrogen and oxygen atoms in total. The van der Waals surface area contributed by atoms with Crippen molar-refractivity contribution in [3.8, 4) is 11.5 Å². The standard InChI is InChI=1S/C21H15ClN2O4/c22-14-6-11-18-19(12-14)28-21(26)24(18)13-20(25)23-15-7-9-17(10-8-15)27-16-4-2-1-3-5-16/h1-12H,13H2,(H,23,25). The van der Waals surface area contributed by atoms with Crippen molar-refractivity contribution < 1.29 is 13.9 Å². The number of hydrogen-bond acceptors (Lipinski definition) is 4. The zero-order chi connectivity index (χ0) is 19.5. The number of anilines is 1. The minimum Gasteiger partial charge on any atom is -0.457 e. The van der Waals surface area contributed by atoms with Crippen LogP contribution in [-0.2, 0) is 11.3 Å². The Balaban J connectivity index is 1.44. The van der Waals surface area contributed by atoms with Crippen LogP contribution in [0.15, 0.2) is 82.0 Å². The van der Waals surface area contributed by atoms with E-state index >= 15 is 0 Å². The Hall–Kier alpha value is -3.51. The van der Waals surface area contributed by atoms with Gasteiger partial charge in [-0.1, -0.05) is 29.8 Å². The number of aromatic nitrogens is 1. The highest BCUT2D eigenvalue weighted by molar-refractivity contribution is 6.31. The van der Waals surface area contributed by atoms with Gasteiger partial charge in [0, 0.05) is 16.8 Å². The maximum absolute atomic E-state index is 12.3. The van der Waals surface area contributed by atoms with E-state index in [2.05, 4.69) is 5.32 Å². The first-order chi connectivity index (χ1) is 13.6. The number of nitrogens with one attached hydrogen (secondary N) is 1. The molecule has 140 valence electrons. The molecule has 0 bridgehead atoms. The van der Waals surface area contributed by atoms with Crippen LogP contribution in [0.1, 0.15) is 0 Å². The van der Waals surface area contributed by atoms with Gasteiger partial charge in [-0.05, 0) is 48.5 Å². The maximum Gasteiger partial charge on any atom is 0.420 e. The molecule has 7 heteroatoms. The molecular weight excluding hydrogens is 380 g/mol. The van der Waals surface area contributed by atoms with Crippen molar-refractivity contribution in [2.75, 3.05) is 5.32 Å². The lowest BCUT2D eigenvalue weighted by Crippen LogP contribution is -2.24. The van der Waals surface area contributed by atoms with E-state index in [1.54, 1.807) is 36.4 Å². The molecule has 0 saturated carbocycles. The Morgan fingerprint density at radius 2 is 1.71 bits per heavy atom. The molecule has 4 aromatic rings. The molecule has 1 heterocycles. The third-order valence-electron chi connectivity index (χ3n) is 4.05. The number of ether oxygens (including phenoxy) is 1. The Morgan fingerprint density at radius 3 is 2.46 bits per heavy atom. The fourth-order valence-electron chi connectivity index (χ4n) is 2.76. The molecular formula is C21H15ClN2O4. The number of halogens is 1. The molecule has 0 unspecified atom stereocenters. The minimum atomic E-state index is -0.612. The zero-order valence-electron chi connectivity index (χ0n) is 14.6. The number of rotatable bonds is 5. The first-order valence-electron chi connectivity index (χ1n) is 8.50. The van der Waals surface area contributed by atoms with Crippen LogP contribution in [0.3, 0.4) is 0 Å². The summed E-state index contributed by atoms with van der Waals surface area (Å²) in [6.45, 7) is -0.171. The average molecular weight is 395 g/mol. The van der Waals surface area contributed by atoms with Crippen molar-refractivity contribution in [3.63, 3.8) is 0 Å². The Bertz CT molecular complexity index is 1180. The Kier molecular flexibility index (Phi) is 4.87. The lowest BCUT2D eigenvalue weighted by Gasteiger charge is -2.08. The van der Waals surface area contributed by atoms with E-state index in [0.29, 0.717) is 27.6 Å². The molecule has 1 N–H and O–H groups in total. The summed E-state index contributed by atoms with van der Waals surface area (Å²) in [5.74, 6) is 0.416. The number of benzene rings is 3. The highest BCUT2D eigenvalue weighted by Crippen LogP contribution is 2.23. The minimum absolute atomic E-state index is 0.171. The first-order valence-corrected chi connectivity index (χ1v) is 8.88. The predicted molar refractivity (Wildman–Crippen MR) is 107 cm³/mol. The van der Waals surface area contributed by atoms with E-state index < -0.39 is 5.76 Å². The number of carbonyl (C=O) groups excluding carboxylic acids is 1. The van der Waals surface area contributed by atoms with E-state index in [9.17, 15) is 9.59 Å². The fourth-order valence-corrected chi connectivity index (χ4v) is 2.93. The van der Waals surface area contributed by atoms with Crippen molar-refractivity contribution in [2.24, 2.45) is 0 Å². The van der Waals surface area contributed by atoms with Gasteiger partial charge < -0.3 is 14.5 Å². The molecule has 1 aromatic heterocycles. The molecule has 0 radical (unpaired) electrons. The fraction of sp³-hybridized carbons (Fsp3) is 0.0476. The van der Waals surface area contributed by atoms with E-state index in [0.717, 1.165) is 5.75 Å². The summed E-state index contributed by atoms with van der Waals surface area (Å²) >= 11 is 5.90. The van der Waals surface area contributed by atoms with Crippen LogP contribution in [0.4, 0.5) is 5.69 Å². The van der Waals surface area contributed by atoms with Crippen LogP contribution in [0, 0.1) is 0 Å². The molecule has 4 rings (SSSR count). The Morgan fingerprint density at radius 1 is 1.00 bits per heavy atom. The Labute approximate surface area is 164 Å². The van der Waals surface area contributed by atoms with Gasteiger partial charge in [0.1, 0.15) is 18.0 Å². The van der Waals surface area contributed by atoms with Crippen molar-refractivity contribution in [2.45, 2.75) is 6.54 Å². The summed E-state index contributed by atoms with van der Waals surface area (Å²) < 4.78 is 12.1. The van der Waals surface area contributed by atoms with Crippen molar-refractivity contribution in [1.82, 2.24) is 4.57 Å². The quantitative estimate of drug-likeness (QED) is 0.533. The third kappa shape index (κ3) is 3.92. The largest absolute Gasteiger partial charge is 0.457 e. The van der Waals surface area contributed by atoms with Crippen LogP contribution >= 0.6 is 11.6 Å². The van der Waals surface area contributed by atoms with Crippen molar-refractivity contribution in [1.29, 1.82) is 0 Å². The van der Waals surface area contributed by atoms with Gasteiger partial charge in [-0.2, -0.15) is 0 Å². The highest BCUT2D eigenvalue weighted by Gasteiger charge is 2.13. The van der Waals surface area contributed by atoms with Crippen molar-refractivity contribution >= 4 is 34.3 Å². The number of fused-ring (bicyclic) bond motifs is 1. The summed E-state index contributed by atoms with van der Waals surface area (Å²) in [5, 5.41) is 3.21. The first kappa shape index (κ1) is 17.9. The molecule has 0 spiro atoms. The van der Waals surface area contributed by atoms with Gasteiger partial charge in [-0.25, -0.2) is 4.79 Å². The second-order valence-electron chi connectivity index (χ2n) is 6.05. The topological polar surface area (TPSA) is 73.5 Å². The van der Waals surface area contributed by atoms with Crippen LogP contribution in [0.2, 0.25) is 5.02 Å². The summed E-state index contributed by atoms with van der Waals surface area (Å²) in [6, 6.07) is 21.2. The average Bonchev–Trinajstić information content (AvgIpc) is 2.98. The molecule has 3 aromatic carbocycles.